The molecule has 2 N–H and O–H groups in total. The minimum atomic E-state index is -0.0953. The van der Waals surface area contributed by atoms with E-state index in [2.05, 4.69) is 42.6 Å². The Balaban J connectivity index is 1.64. The fourth-order valence-electron chi connectivity index (χ4n) is 2.90. The number of benzene rings is 1. The lowest BCUT2D eigenvalue weighted by Crippen LogP contribution is -2.29. The van der Waals surface area contributed by atoms with Gasteiger partial charge in [-0.05, 0) is 43.2 Å². The summed E-state index contributed by atoms with van der Waals surface area (Å²) in [7, 11) is 0. The molecule has 0 bridgehead atoms. The van der Waals surface area contributed by atoms with Gasteiger partial charge in [-0.2, -0.15) is 0 Å². The van der Waals surface area contributed by atoms with Gasteiger partial charge in [0.15, 0.2) is 0 Å². The predicted octanol–water partition coefficient (Wildman–Crippen LogP) is 3.71. The molecule has 1 aliphatic rings. The van der Waals surface area contributed by atoms with Gasteiger partial charge in [0, 0.05) is 22.2 Å². The molecule has 1 aliphatic carbocycles. The summed E-state index contributed by atoms with van der Waals surface area (Å²) < 4.78 is 1.35. The standard InChI is InChI=1S/C16H21NOS/c1-11(17-10-13-6-4-7-14(13)18)16-9-12-5-2-3-8-15(12)19-16/h2-3,5,8-9,11,13-14,17-18H,4,6-7,10H2,1H3. The fraction of sp³-hybridized carbons (Fsp3) is 0.500. The molecule has 0 aliphatic heterocycles. The van der Waals surface area contributed by atoms with E-state index in [1.807, 2.05) is 11.3 Å². The highest BCUT2D eigenvalue weighted by atomic mass is 32.1. The van der Waals surface area contributed by atoms with Gasteiger partial charge in [0.2, 0.25) is 0 Å². The molecule has 1 fully saturated rings. The van der Waals surface area contributed by atoms with Gasteiger partial charge < -0.3 is 10.4 Å². The van der Waals surface area contributed by atoms with E-state index in [-0.39, 0.29) is 6.10 Å². The van der Waals surface area contributed by atoms with Crippen LogP contribution in [-0.2, 0) is 0 Å². The Labute approximate surface area is 118 Å². The van der Waals surface area contributed by atoms with Gasteiger partial charge >= 0.3 is 0 Å². The van der Waals surface area contributed by atoms with E-state index >= 15 is 0 Å². The zero-order valence-electron chi connectivity index (χ0n) is 11.3. The van der Waals surface area contributed by atoms with Crippen molar-refractivity contribution >= 4 is 21.4 Å². The van der Waals surface area contributed by atoms with Crippen LogP contribution in [0, 0.1) is 5.92 Å². The minimum absolute atomic E-state index is 0.0953. The van der Waals surface area contributed by atoms with Gasteiger partial charge in [0.25, 0.3) is 0 Å². The first-order chi connectivity index (χ1) is 9.24. The van der Waals surface area contributed by atoms with Crippen LogP contribution in [0.3, 0.4) is 0 Å². The lowest BCUT2D eigenvalue weighted by atomic mass is 10.1. The van der Waals surface area contributed by atoms with Crippen LogP contribution in [0.4, 0.5) is 0 Å². The number of nitrogens with one attached hydrogen (secondary N) is 1. The maximum Gasteiger partial charge on any atom is 0.0580 e. The Morgan fingerprint density at radius 1 is 1.37 bits per heavy atom. The topological polar surface area (TPSA) is 32.3 Å². The number of thiophene rings is 1. The molecular weight excluding hydrogens is 254 g/mol. The van der Waals surface area contributed by atoms with E-state index < -0.39 is 0 Å². The molecule has 0 radical (unpaired) electrons. The molecule has 0 spiro atoms. The zero-order valence-corrected chi connectivity index (χ0v) is 12.1. The largest absolute Gasteiger partial charge is 0.393 e. The van der Waals surface area contributed by atoms with E-state index in [0.717, 1.165) is 19.4 Å². The molecule has 3 atom stereocenters. The molecule has 19 heavy (non-hydrogen) atoms. The quantitative estimate of drug-likeness (QED) is 0.891. The summed E-state index contributed by atoms with van der Waals surface area (Å²) in [5, 5.41) is 14.8. The lowest BCUT2D eigenvalue weighted by Gasteiger charge is -2.18. The van der Waals surface area contributed by atoms with Gasteiger partial charge in [0.1, 0.15) is 0 Å². The van der Waals surface area contributed by atoms with Crippen molar-refractivity contribution in [3.05, 3.63) is 35.2 Å². The molecule has 2 nitrogen and oxygen atoms in total. The summed E-state index contributed by atoms with van der Waals surface area (Å²) in [6, 6.07) is 11.2. The van der Waals surface area contributed by atoms with E-state index in [9.17, 15) is 5.11 Å². The van der Waals surface area contributed by atoms with Crippen molar-refractivity contribution in [2.75, 3.05) is 6.54 Å². The third-order valence-electron chi connectivity index (χ3n) is 4.18. The van der Waals surface area contributed by atoms with Crippen LogP contribution in [-0.4, -0.2) is 17.8 Å². The van der Waals surface area contributed by atoms with Crippen LogP contribution < -0.4 is 5.32 Å². The van der Waals surface area contributed by atoms with E-state index in [4.69, 9.17) is 0 Å². The van der Waals surface area contributed by atoms with Crippen molar-refractivity contribution < 1.29 is 5.11 Å². The van der Waals surface area contributed by atoms with Crippen LogP contribution in [0.25, 0.3) is 10.1 Å². The summed E-state index contributed by atoms with van der Waals surface area (Å²) in [6.45, 7) is 3.14. The molecule has 0 amide bonds. The van der Waals surface area contributed by atoms with Crippen molar-refractivity contribution in [1.29, 1.82) is 0 Å². The van der Waals surface area contributed by atoms with Gasteiger partial charge in [-0.1, -0.05) is 24.6 Å². The van der Waals surface area contributed by atoms with Crippen LogP contribution in [0.15, 0.2) is 30.3 Å². The Hall–Kier alpha value is -0.900. The molecule has 102 valence electrons. The molecule has 0 saturated heterocycles. The van der Waals surface area contributed by atoms with E-state index in [1.165, 1.54) is 21.4 Å². The average molecular weight is 275 g/mol. The third kappa shape index (κ3) is 2.83. The lowest BCUT2D eigenvalue weighted by molar-refractivity contribution is 0.130. The van der Waals surface area contributed by atoms with Crippen molar-refractivity contribution in [3.63, 3.8) is 0 Å². The fourth-order valence-corrected chi connectivity index (χ4v) is 3.99. The minimum Gasteiger partial charge on any atom is -0.393 e. The highest BCUT2D eigenvalue weighted by molar-refractivity contribution is 7.19. The van der Waals surface area contributed by atoms with Crippen LogP contribution in [0.1, 0.15) is 37.1 Å². The van der Waals surface area contributed by atoms with Gasteiger partial charge in [-0.15, -0.1) is 11.3 Å². The molecule has 1 aromatic heterocycles. The van der Waals surface area contributed by atoms with E-state index in [1.54, 1.807) is 0 Å². The van der Waals surface area contributed by atoms with Gasteiger partial charge in [0.05, 0.1) is 6.10 Å². The number of rotatable bonds is 4. The number of aliphatic hydroxyl groups excluding tert-OH is 1. The molecule has 1 aromatic carbocycles. The summed E-state index contributed by atoms with van der Waals surface area (Å²) in [5.41, 5.74) is 0. The molecule has 3 unspecified atom stereocenters. The second kappa shape index (κ2) is 5.61. The number of hydrogen-bond donors (Lipinski definition) is 2. The summed E-state index contributed by atoms with van der Waals surface area (Å²) >= 11 is 1.86. The van der Waals surface area contributed by atoms with Crippen molar-refractivity contribution in [2.24, 2.45) is 5.92 Å². The second-order valence-corrected chi connectivity index (χ2v) is 6.69. The Morgan fingerprint density at radius 2 is 2.21 bits per heavy atom. The summed E-state index contributed by atoms with van der Waals surface area (Å²) in [5.74, 6) is 0.442. The van der Waals surface area contributed by atoms with Crippen molar-refractivity contribution in [1.82, 2.24) is 5.32 Å². The third-order valence-corrected chi connectivity index (χ3v) is 5.48. The molecular formula is C16H21NOS. The molecule has 1 saturated carbocycles. The average Bonchev–Trinajstić information content (AvgIpc) is 3.01. The van der Waals surface area contributed by atoms with Crippen LogP contribution in [0.2, 0.25) is 0 Å². The first-order valence-corrected chi connectivity index (χ1v) is 7.95. The monoisotopic (exact) mass is 275 g/mol. The normalized spacial score (nSPS) is 24.9. The first-order valence-electron chi connectivity index (χ1n) is 7.14. The first kappa shape index (κ1) is 13.1. The number of aliphatic hydroxyl groups is 1. The molecule has 3 heteroatoms. The number of fused-ring (bicyclic) bond motifs is 1. The van der Waals surface area contributed by atoms with Gasteiger partial charge in [-0.3, -0.25) is 0 Å². The SMILES string of the molecule is CC(NCC1CCCC1O)c1cc2ccccc2s1. The Bertz CT molecular complexity index is 517. The molecule has 3 rings (SSSR count). The predicted molar refractivity (Wildman–Crippen MR) is 81.6 cm³/mol. The Kier molecular flexibility index (Phi) is 3.87. The van der Waals surface area contributed by atoms with Gasteiger partial charge in [-0.25, -0.2) is 0 Å². The summed E-state index contributed by atoms with van der Waals surface area (Å²) in [6.07, 6.45) is 3.21. The van der Waals surface area contributed by atoms with Crippen LogP contribution in [0.5, 0.6) is 0 Å². The highest BCUT2D eigenvalue weighted by Crippen LogP contribution is 2.30. The second-order valence-electron chi connectivity index (χ2n) is 5.57. The Morgan fingerprint density at radius 3 is 2.95 bits per heavy atom. The molecule has 2 aromatic rings. The maximum absolute atomic E-state index is 9.85. The highest BCUT2D eigenvalue weighted by Gasteiger charge is 2.25. The van der Waals surface area contributed by atoms with Crippen molar-refractivity contribution in [2.45, 2.75) is 38.3 Å². The maximum atomic E-state index is 9.85. The smallest absolute Gasteiger partial charge is 0.0580 e. The van der Waals surface area contributed by atoms with Crippen molar-refractivity contribution in [3.8, 4) is 0 Å². The molecule has 1 heterocycles. The number of hydrogen-bond acceptors (Lipinski definition) is 3. The van der Waals surface area contributed by atoms with E-state index in [0.29, 0.717) is 12.0 Å². The zero-order chi connectivity index (χ0) is 13.2. The van der Waals surface area contributed by atoms with Crippen LogP contribution >= 0.6 is 11.3 Å². The summed E-state index contributed by atoms with van der Waals surface area (Å²) in [4.78, 5) is 1.38.